The van der Waals surface area contributed by atoms with Crippen LogP contribution in [0.25, 0.3) is 0 Å². The van der Waals surface area contributed by atoms with E-state index in [1.807, 2.05) is 0 Å². The highest BCUT2D eigenvalue weighted by Gasteiger charge is 2.28. The van der Waals surface area contributed by atoms with Gasteiger partial charge in [-0.05, 0) is 29.8 Å². The summed E-state index contributed by atoms with van der Waals surface area (Å²) in [5.74, 6) is -0.0721. The van der Waals surface area contributed by atoms with Crippen molar-refractivity contribution in [3.8, 4) is 5.75 Å². The topological polar surface area (TPSA) is 29.5 Å². The highest BCUT2D eigenvalue weighted by atomic mass is 19.3. The van der Waals surface area contributed by atoms with E-state index in [2.05, 4.69) is 0 Å². The van der Waals surface area contributed by atoms with Crippen molar-refractivity contribution in [3.05, 3.63) is 65.0 Å². The number of fused-ring (bicyclic) bond motifs is 1. The van der Waals surface area contributed by atoms with Crippen LogP contribution in [0.3, 0.4) is 0 Å². The van der Waals surface area contributed by atoms with E-state index < -0.39 is 24.5 Å². The number of alkyl halides is 2. The molecule has 110 valence electrons. The Morgan fingerprint density at radius 3 is 2.71 bits per heavy atom. The Kier molecular flexibility index (Phi) is 3.59. The van der Waals surface area contributed by atoms with Gasteiger partial charge >= 0.3 is 0 Å². The van der Waals surface area contributed by atoms with Crippen LogP contribution in [0, 0.1) is 5.82 Å². The number of halogens is 3. The lowest BCUT2D eigenvalue weighted by Gasteiger charge is -2.30. The average Bonchev–Trinajstić information content (AvgIpc) is 2.48. The fourth-order valence-electron chi connectivity index (χ4n) is 2.52. The quantitative estimate of drug-likeness (QED) is 0.893. The van der Waals surface area contributed by atoms with Crippen molar-refractivity contribution < 1.29 is 23.0 Å². The number of ether oxygens (including phenoxy) is 1. The summed E-state index contributed by atoms with van der Waals surface area (Å²) in [7, 11) is 0. The molecule has 0 spiro atoms. The third-order valence-electron chi connectivity index (χ3n) is 3.57. The zero-order chi connectivity index (χ0) is 15.0. The van der Waals surface area contributed by atoms with Gasteiger partial charge in [0.05, 0.1) is 6.10 Å². The number of rotatable bonds is 2. The molecule has 0 aliphatic carbocycles. The first-order chi connectivity index (χ1) is 10.0. The first kappa shape index (κ1) is 13.9. The van der Waals surface area contributed by atoms with Crippen molar-refractivity contribution in [2.75, 3.05) is 0 Å². The first-order valence-corrected chi connectivity index (χ1v) is 6.57. The summed E-state index contributed by atoms with van der Waals surface area (Å²) >= 11 is 0. The summed E-state index contributed by atoms with van der Waals surface area (Å²) in [5.41, 5.74) is 0.869. The summed E-state index contributed by atoms with van der Waals surface area (Å²) in [5, 5.41) is 10.1. The standard InChI is InChI=1S/C16H13F3O2/c17-11-4-5-14-12(7-11)13(20)8-15(21-14)9-2-1-3-10(6-9)16(18)19/h1-7,13,15-16,20H,8H2. The maximum absolute atomic E-state index is 13.2. The number of hydrogen-bond donors (Lipinski definition) is 1. The second-order valence-corrected chi connectivity index (χ2v) is 5.01. The van der Waals surface area contributed by atoms with Crippen LogP contribution in [-0.2, 0) is 0 Å². The van der Waals surface area contributed by atoms with E-state index in [9.17, 15) is 18.3 Å². The molecule has 1 heterocycles. The molecule has 21 heavy (non-hydrogen) atoms. The van der Waals surface area contributed by atoms with Gasteiger partial charge in [-0.1, -0.05) is 18.2 Å². The van der Waals surface area contributed by atoms with Crippen LogP contribution in [-0.4, -0.2) is 5.11 Å². The molecule has 0 amide bonds. The molecule has 2 unspecified atom stereocenters. The fraction of sp³-hybridized carbons (Fsp3) is 0.250. The van der Waals surface area contributed by atoms with Crippen molar-refractivity contribution in [1.82, 2.24) is 0 Å². The zero-order valence-electron chi connectivity index (χ0n) is 11.0. The monoisotopic (exact) mass is 294 g/mol. The molecule has 0 saturated heterocycles. The minimum atomic E-state index is -2.56. The van der Waals surface area contributed by atoms with Gasteiger partial charge in [-0.25, -0.2) is 13.2 Å². The Morgan fingerprint density at radius 1 is 1.14 bits per heavy atom. The maximum atomic E-state index is 13.2. The molecule has 1 aliphatic heterocycles. The lowest BCUT2D eigenvalue weighted by atomic mass is 9.94. The van der Waals surface area contributed by atoms with Gasteiger partial charge in [0.2, 0.25) is 0 Å². The SMILES string of the molecule is OC1CC(c2cccc(C(F)F)c2)Oc2ccc(F)cc21. The molecular weight excluding hydrogens is 281 g/mol. The van der Waals surface area contributed by atoms with Gasteiger partial charge in [0, 0.05) is 17.5 Å². The molecule has 2 aromatic carbocycles. The van der Waals surface area contributed by atoms with Gasteiger partial charge in [0.1, 0.15) is 17.7 Å². The predicted molar refractivity (Wildman–Crippen MR) is 70.7 cm³/mol. The van der Waals surface area contributed by atoms with Crippen molar-refractivity contribution in [3.63, 3.8) is 0 Å². The molecular formula is C16H13F3O2. The smallest absolute Gasteiger partial charge is 0.263 e. The van der Waals surface area contributed by atoms with Crippen LogP contribution >= 0.6 is 0 Å². The van der Waals surface area contributed by atoms with E-state index >= 15 is 0 Å². The Labute approximate surface area is 119 Å². The molecule has 3 rings (SSSR count). The van der Waals surface area contributed by atoms with E-state index in [0.717, 1.165) is 0 Å². The number of benzene rings is 2. The summed E-state index contributed by atoms with van der Waals surface area (Å²) in [6.07, 6.45) is -3.77. The number of hydrogen-bond acceptors (Lipinski definition) is 2. The molecule has 2 atom stereocenters. The van der Waals surface area contributed by atoms with E-state index in [1.165, 1.54) is 36.4 Å². The van der Waals surface area contributed by atoms with Gasteiger partial charge in [-0.3, -0.25) is 0 Å². The van der Waals surface area contributed by atoms with E-state index in [-0.39, 0.29) is 12.0 Å². The zero-order valence-corrected chi connectivity index (χ0v) is 11.0. The Balaban J connectivity index is 1.92. The summed E-state index contributed by atoms with van der Waals surface area (Å²) in [6, 6.07) is 9.84. The fourth-order valence-corrected chi connectivity index (χ4v) is 2.52. The Bertz CT molecular complexity index is 658. The van der Waals surface area contributed by atoms with Crippen LogP contribution in [0.15, 0.2) is 42.5 Å². The minimum Gasteiger partial charge on any atom is -0.485 e. The molecule has 2 aromatic rings. The largest absolute Gasteiger partial charge is 0.485 e. The van der Waals surface area contributed by atoms with Crippen LogP contribution in [0.4, 0.5) is 13.2 Å². The van der Waals surface area contributed by atoms with Crippen molar-refractivity contribution in [2.24, 2.45) is 0 Å². The minimum absolute atomic E-state index is 0.0875. The van der Waals surface area contributed by atoms with Crippen molar-refractivity contribution >= 4 is 0 Å². The highest BCUT2D eigenvalue weighted by Crippen LogP contribution is 2.41. The molecule has 0 saturated carbocycles. The lowest BCUT2D eigenvalue weighted by Crippen LogP contribution is -2.19. The summed E-state index contributed by atoms with van der Waals surface area (Å²) in [4.78, 5) is 0. The second kappa shape index (κ2) is 5.41. The second-order valence-electron chi connectivity index (χ2n) is 5.01. The molecule has 0 radical (unpaired) electrons. The van der Waals surface area contributed by atoms with Gasteiger partial charge in [0.15, 0.2) is 0 Å². The number of aliphatic hydroxyl groups is 1. The molecule has 0 fully saturated rings. The molecule has 0 bridgehead atoms. The van der Waals surface area contributed by atoms with Crippen LogP contribution in [0.2, 0.25) is 0 Å². The van der Waals surface area contributed by atoms with E-state index in [1.54, 1.807) is 6.07 Å². The van der Waals surface area contributed by atoms with Crippen LogP contribution < -0.4 is 4.74 Å². The maximum Gasteiger partial charge on any atom is 0.263 e. The van der Waals surface area contributed by atoms with E-state index in [0.29, 0.717) is 16.9 Å². The number of aliphatic hydroxyl groups excluding tert-OH is 1. The van der Waals surface area contributed by atoms with Crippen LogP contribution in [0.1, 0.15) is 41.7 Å². The average molecular weight is 294 g/mol. The van der Waals surface area contributed by atoms with Crippen molar-refractivity contribution in [1.29, 1.82) is 0 Å². The Hall–Kier alpha value is -2.01. The molecule has 0 aromatic heterocycles. The van der Waals surface area contributed by atoms with E-state index in [4.69, 9.17) is 4.74 Å². The van der Waals surface area contributed by atoms with Gasteiger partial charge in [0.25, 0.3) is 6.43 Å². The summed E-state index contributed by atoms with van der Waals surface area (Å²) in [6.45, 7) is 0. The third-order valence-corrected chi connectivity index (χ3v) is 3.57. The predicted octanol–water partition coefficient (Wildman–Crippen LogP) is 4.32. The van der Waals surface area contributed by atoms with Crippen LogP contribution in [0.5, 0.6) is 5.75 Å². The third kappa shape index (κ3) is 2.74. The Morgan fingerprint density at radius 2 is 1.95 bits per heavy atom. The first-order valence-electron chi connectivity index (χ1n) is 6.57. The molecule has 5 heteroatoms. The summed E-state index contributed by atoms with van der Waals surface area (Å²) < 4.78 is 44.4. The molecule has 1 N–H and O–H groups in total. The highest BCUT2D eigenvalue weighted by molar-refractivity contribution is 5.39. The molecule has 2 nitrogen and oxygen atoms in total. The van der Waals surface area contributed by atoms with Gasteiger partial charge in [-0.2, -0.15) is 0 Å². The lowest BCUT2D eigenvalue weighted by molar-refractivity contribution is 0.0651. The van der Waals surface area contributed by atoms with Gasteiger partial charge in [-0.15, -0.1) is 0 Å². The van der Waals surface area contributed by atoms with Crippen molar-refractivity contribution in [2.45, 2.75) is 25.1 Å². The van der Waals surface area contributed by atoms with Gasteiger partial charge < -0.3 is 9.84 Å². The normalized spacial score (nSPS) is 21.0. The molecule has 1 aliphatic rings.